The summed E-state index contributed by atoms with van der Waals surface area (Å²) in [7, 11) is 0. The first kappa shape index (κ1) is 17.8. The second kappa shape index (κ2) is 7.57. The molecule has 0 aliphatic carbocycles. The third kappa shape index (κ3) is 3.91. The van der Waals surface area contributed by atoms with Crippen LogP contribution in [0.3, 0.4) is 0 Å². The van der Waals surface area contributed by atoms with Gasteiger partial charge in [-0.15, -0.1) is 0 Å². The van der Waals surface area contributed by atoms with E-state index in [0.29, 0.717) is 16.6 Å². The summed E-state index contributed by atoms with van der Waals surface area (Å²) in [5, 5.41) is 5.04. The molecule has 0 spiro atoms. The van der Waals surface area contributed by atoms with Crippen molar-refractivity contribution in [1.29, 1.82) is 0 Å². The number of anilines is 2. The Labute approximate surface area is 164 Å². The number of rotatable bonds is 3. The zero-order valence-corrected chi connectivity index (χ0v) is 16.0. The van der Waals surface area contributed by atoms with E-state index >= 15 is 0 Å². The molecule has 0 atom stereocenters. The maximum absolute atomic E-state index is 13.0. The predicted octanol–water partition coefficient (Wildman–Crippen LogP) is 5.50. The number of likely N-dealkylation sites (tertiary alicyclic amines) is 1. The molecule has 1 aliphatic rings. The minimum absolute atomic E-state index is 0.00166. The molecule has 5 heteroatoms. The highest BCUT2D eigenvalue weighted by atomic mass is 35.5. The molecule has 4 nitrogen and oxygen atoms in total. The summed E-state index contributed by atoms with van der Waals surface area (Å²) in [6.07, 6.45) is 2.10. The smallest absolute Gasteiger partial charge is 0.272 e. The van der Waals surface area contributed by atoms with Crippen LogP contribution in [0.5, 0.6) is 0 Å². The van der Waals surface area contributed by atoms with Crippen molar-refractivity contribution in [3.05, 3.63) is 65.3 Å². The Morgan fingerprint density at radius 2 is 1.89 bits per heavy atom. The molecule has 1 fully saturated rings. The Kier molecular flexibility index (Phi) is 4.99. The highest BCUT2D eigenvalue weighted by molar-refractivity contribution is 6.30. The van der Waals surface area contributed by atoms with Crippen molar-refractivity contribution in [2.75, 3.05) is 18.4 Å². The molecule has 1 N–H and O–H groups in total. The average molecular weight is 380 g/mol. The van der Waals surface area contributed by atoms with Gasteiger partial charge in [-0.1, -0.05) is 42.8 Å². The number of aromatic nitrogens is 1. The van der Waals surface area contributed by atoms with E-state index in [1.807, 2.05) is 59.5 Å². The van der Waals surface area contributed by atoms with E-state index < -0.39 is 0 Å². The number of nitrogens with one attached hydrogen (secondary N) is 1. The fourth-order valence-electron chi connectivity index (χ4n) is 3.48. The molecule has 2 aromatic carbocycles. The van der Waals surface area contributed by atoms with Crippen molar-refractivity contribution in [2.24, 2.45) is 5.92 Å². The summed E-state index contributed by atoms with van der Waals surface area (Å²) in [6, 6.07) is 17.3. The molecule has 2 heterocycles. The Balaban J connectivity index is 1.71. The highest BCUT2D eigenvalue weighted by Crippen LogP contribution is 2.28. The SMILES string of the molecule is CC1CCN(C(=O)c2cc(Nc3cccc(Cl)c3)c3ccccc3n2)CC1. The van der Waals surface area contributed by atoms with E-state index in [9.17, 15) is 4.79 Å². The average Bonchev–Trinajstić information content (AvgIpc) is 2.68. The predicted molar refractivity (Wildman–Crippen MR) is 111 cm³/mol. The molecular weight excluding hydrogens is 358 g/mol. The summed E-state index contributed by atoms with van der Waals surface area (Å²) in [6.45, 7) is 3.83. The maximum Gasteiger partial charge on any atom is 0.272 e. The molecule has 1 saturated heterocycles. The molecule has 0 unspecified atom stereocenters. The summed E-state index contributed by atoms with van der Waals surface area (Å²) in [5.41, 5.74) is 3.02. The first-order valence-electron chi connectivity index (χ1n) is 9.32. The summed E-state index contributed by atoms with van der Waals surface area (Å²) in [4.78, 5) is 19.6. The Morgan fingerprint density at radius 1 is 1.11 bits per heavy atom. The third-order valence-corrected chi connectivity index (χ3v) is 5.34. The molecule has 0 bridgehead atoms. The number of benzene rings is 2. The van der Waals surface area contributed by atoms with E-state index in [1.54, 1.807) is 0 Å². The number of piperidine rings is 1. The normalized spacial score (nSPS) is 15.1. The zero-order chi connectivity index (χ0) is 18.8. The first-order chi connectivity index (χ1) is 13.1. The minimum Gasteiger partial charge on any atom is -0.355 e. The summed E-state index contributed by atoms with van der Waals surface area (Å²) < 4.78 is 0. The number of para-hydroxylation sites is 1. The lowest BCUT2D eigenvalue weighted by Crippen LogP contribution is -2.38. The van der Waals surface area contributed by atoms with Gasteiger partial charge >= 0.3 is 0 Å². The van der Waals surface area contributed by atoms with E-state index in [0.717, 1.165) is 48.2 Å². The van der Waals surface area contributed by atoms with Gasteiger partial charge < -0.3 is 10.2 Å². The van der Waals surface area contributed by atoms with Gasteiger partial charge in [0.2, 0.25) is 0 Å². The lowest BCUT2D eigenvalue weighted by molar-refractivity contribution is 0.0692. The molecule has 138 valence electrons. The molecule has 0 saturated carbocycles. The second-order valence-corrected chi connectivity index (χ2v) is 7.62. The quantitative estimate of drug-likeness (QED) is 0.653. The molecule has 3 aromatic rings. The monoisotopic (exact) mass is 379 g/mol. The molecule has 1 amide bonds. The van der Waals surface area contributed by atoms with Crippen molar-refractivity contribution < 1.29 is 4.79 Å². The summed E-state index contributed by atoms with van der Waals surface area (Å²) >= 11 is 6.11. The Bertz CT molecular complexity index is 980. The number of pyridine rings is 1. The van der Waals surface area contributed by atoms with Crippen molar-refractivity contribution in [3.8, 4) is 0 Å². The fraction of sp³-hybridized carbons (Fsp3) is 0.273. The Hall–Kier alpha value is -2.59. The van der Waals surface area contributed by atoms with E-state index in [2.05, 4.69) is 17.2 Å². The van der Waals surface area contributed by atoms with Crippen LogP contribution in [0, 0.1) is 5.92 Å². The second-order valence-electron chi connectivity index (χ2n) is 7.18. The number of hydrogen-bond donors (Lipinski definition) is 1. The number of carbonyl (C=O) groups is 1. The van der Waals surface area contributed by atoms with Crippen LogP contribution in [-0.2, 0) is 0 Å². The van der Waals surface area contributed by atoms with Crippen LogP contribution < -0.4 is 5.32 Å². The number of carbonyl (C=O) groups excluding carboxylic acids is 1. The largest absolute Gasteiger partial charge is 0.355 e. The van der Waals surface area contributed by atoms with Gasteiger partial charge in [-0.2, -0.15) is 0 Å². The standard InChI is InChI=1S/C22H22ClN3O/c1-15-9-11-26(12-10-15)22(27)21-14-20(18-7-2-3-8-19(18)25-21)24-17-6-4-5-16(23)13-17/h2-8,13-15H,9-12H2,1H3,(H,24,25). The minimum atomic E-state index is 0.00166. The number of fused-ring (bicyclic) bond motifs is 1. The van der Waals surface area contributed by atoms with E-state index in [1.165, 1.54) is 0 Å². The van der Waals surface area contributed by atoms with Gasteiger partial charge in [0.1, 0.15) is 5.69 Å². The first-order valence-corrected chi connectivity index (χ1v) is 9.69. The van der Waals surface area contributed by atoms with E-state index in [-0.39, 0.29) is 5.91 Å². The molecule has 4 rings (SSSR count). The van der Waals surface area contributed by atoms with Gasteiger partial charge in [-0.3, -0.25) is 4.79 Å². The lowest BCUT2D eigenvalue weighted by Gasteiger charge is -2.30. The van der Waals surface area contributed by atoms with Gasteiger partial charge in [0.05, 0.1) is 11.2 Å². The van der Waals surface area contributed by atoms with Crippen molar-refractivity contribution in [2.45, 2.75) is 19.8 Å². The number of halogens is 1. The molecule has 0 radical (unpaired) electrons. The molecule has 1 aliphatic heterocycles. The van der Waals surface area contributed by atoms with Crippen molar-refractivity contribution in [1.82, 2.24) is 9.88 Å². The lowest BCUT2D eigenvalue weighted by atomic mass is 9.99. The van der Waals surface area contributed by atoms with Crippen LogP contribution in [0.4, 0.5) is 11.4 Å². The third-order valence-electron chi connectivity index (χ3n) is 5.11. The number of amides is 1. The van der Waals surface area contributed by atoms with Crippen LogP contribution in [0.25, 0.3) is 10.9 Å². The van der Waals surface area contributed by atoms with E-state index in [4.69, 9.17) is 11.6 Å². The van der Waals surface area contributed by atoms with Gasteiger partial charge in [-0.25, -0.2) is 4.98 Å². The number of hydrogen-bond acceptors (Lipinski definition) is 3. The molecular formula is C22H22ClN3O. The molecule has 1 aromatic heterocycles. The summed E-state index contributed by atoms with van der Waals surface area (Å²) in [5.74, 6) is 0.681. The van der Waals surface area contributed by atoms with Gasteiger partial charge in [0.15, 0.2) is 0 Å². The fourth-order valence-corrected chi connectivity index (χ4v) is 3.67. The van der Waals surface area contributed by atoms with Crippen LogP contribution in [0.2, 0.25) is 5.02 Å². The highest BCUT2D eigenvalue weighted by Gasteiger charge is 2.23. The zero-order valence-electron chi connectivity index (χ0n) is 15.3. The van der Waals surface area contributed by atoms with Gasteiger partial charge in [0.25, 0.3) is 5.91 Å². The van der Waals surface area contributed by atoms with Crippen LogP contribution in [-0.4, -0.2) is 28.9 Å². The van der Waals surface area contributed by atoms with Crippen LogP contribution in [0.15, 0.2) is 54.6 Å². The van der Waals surface area contributed by atoms with Crippen molar-refractivity contribution in [3.63, 3.8) is 0 Å². The van der Waals surface area contributed by atoms with Gasteiger partial charge in [0, 0.05) is 29.2 Å². The maximum atomic E-state index is 13.0. The number of nitrogens with zero attached hydrogens (tertiary/aromatic N) is 2. The Morgan fingerprint density at radius 3 is 2.67 bits per heavy atom. The van der Waals surface area contributed by atoms with Crippen LogP contribution >= 0.6 is 11.6 Å². The molecule has 27 heavy (non-hydrogen) atoms. The topological polar surface area (TPSA) is 45.2 Å². The van der Waals surface area contributed by atoms with Crippen LogP contribution in [0.1, 0.15) is 30.3 Å². The van der Waals surface area contributed by atoms with Crippen molar-refractivity contribution >= 4 is 39.8 Å². The van der Waals surface area contributed by atoms with Gasteiger partial charge in [-0.05, 0) is 49.1 Å².